The average molecular weight is 303 g/mol. The van der Waals surface area contributed by atoms with E-state index in [1.165, 1.54) is 11.8 Å². The quantitative estimate of drug-likeness (QED) is 0.648. The maximum absolute atomic E-state index is 12.0. The molecule has 1 N–H and O–H groups in total. The summed E-state index contributed by atoms with van der Waals surface area (Å²) in [7, 11) is 0. The second-order valence-electron chi connectivity index (χ2n) is 3.93. The van der Waals surface area contributed by atoms with E-state index in [1.54, 1.807) is 24.3 Å². The monoisotopic (exact) mass is 302 g/mol. The Labute approximate surface area is 122 Å². The summed E-state index contributed by atoms with van der Waals surface area (Å²) in [5, 5.41) is 2.72. The van der Waals surface area contributed by atoms with Crippen LogP contribution in [0.5, 0.6) is 0 Å². The number of rotatable bonds is 6. The molecule has 0 atom stereocenters. The smallest absolute Gasteiger partial charge is 0.321 e. The first-order chi connectivity index (χ1) is 9.08. The number of nitrogens with zero attached hydrogens (tertiary/aromatic N) is 1. The molecular formula is C13H16Cl2N2O2. The summed E-state index contributed by atoms with van der Waals surface area (Å²) >= 11 is 11.3. The lowest BCUT2D eigenvalue weighted by Crippen LogP contribution is -2.37. The molecule has 0 fully saturated rings. The number of ketones is 1. The van der Waals surface area contributed by atoms with Crippen molar-refractivity contribution in [3.8, 4) is 0 Å². The SMILES string of the molecule is CC(=O)c1cccc(NC(=O)N(CCCl)CCCl)c1. The Hall–Kier alpha value is -1.26. The zero-order valence-corrected chi connectivity index (χ0v) is 12.2. The van der Waals surface area contributed by atoms with Crippen LogP contribution in [0.25, 0.3) is 0 Å². The highest BCUT2D eigenvalue weighted by Crippen LogP contribution is 2.12. The Bertz CT molecular complexity index is 446. The number of nitrogens with one attached hydrogen (secondary N) is 1. The summed E-state index contributed by atoms with van der Waals surface area (Å²) in [6, 6.07) is 6.51. The van der Waals surface area contributed by atoms with Gasteiger partial charge in [-0.2, -0.15) is 0 Å². The Kier molecular flexibility index (Phi) is 6.67. The summed E-state index contributed by atoms with van der Waals surface area (Å²) in [4.78, 5) is 24.8. The summed E-state index contributed by atoms with van der Waals surface area (Å²) in [6.07, 6.45) is 0. The van der Waals surface area contributed by atoms with Crippen molar-refractivity contribution < 1.29 is 9.59 Å². The van der Waals surface area contributed by atoms with Crippen LogP contribution in [0.2, 0.25) is 0 Å². The molecule has 0 aromatic heterocycles. The molecule has 4 nitrogen and oxygen atoms in total. The van der Waals surface area contributed by atoms with Crippen LogP contribution >= 0.6 is 23.2 Å². The van der Waals surface area contributed by atoms with Crippen LogP contribution < -0.4 is 5.32 Å². The Morgan fingerprint density at radius 1 is 1.21 bits per heavy atom. The first-order valence-corrected chi connectivity index (χ1v) is 6.94. The van der Waals surface area contributed by atoms with E-state index in [0.717, 1.165) is 0 Å². The highest BCUT2D eigenvalue weighted by molar-refractivity contribution is 6.18. The number of carbonyl (C=O) groups excluding carboxylic acids is 2. The van der Waals surface area contributed by atoms with Crippen molar-refractivity contribution in [3.05, 3.63) is 29.8 Å². The molecule has 1 aromatic carbocycles. The van der Waals surface area contributed by atoms with Gasteiger partial charge in [-0.1, -0.05) is 12.1 Å². The van der Waals surface area contributed by atoms with Crippen molar-refractivity contribution in [1.29, 1.82) is 0 Å². The highest BCUT2D eigenvalue weighted by atomic mass is 35.5. The lowest BCUT2D eigenvalue weighted by molar-refractivity contribution is 0.101. The van der Waals surface area contributed by atoms with Crippen molar-refractivity contribution in [3.63, 3.8) is 0 Å². The number of Topliss-reactive ketones (excluding diaryl/α,β-unsaturated/α-hetero) is 1. The third-order valence-electron chi connectivity index (χ3n) is 2.52. The first kappa shape index (κ1) is 15.8. The number of alkyl halides is 2. The number of benzene rings is 1. The summed E-state index contributed by atoms with van der Waals surface area (Å²) in [5.41, 5.74) is 1.13. The molecule has 0 bridgehead atoms. The minimum absolute atomic E-state index is 0.0468. The molecule has 0 heterocycles. The lowest BCUT2D eigenvalue weighted by atomic mass is 10.1. The second kappa shape index (κ2) is 8.02. The third kappa shape index (κ3) is 5.09. The van der Waals surface area contributed by atoms with Gasteiger partial charge < -0.3 is 10.2 Å². The van der Waals surface area contributed by atoms with E-state index in [4.69, 9.17) is 23.2 Å². The first-order valence-electron chi connectivity index (χ1n) is 5.87. The van der Waals surface area contributed by atoms with Gasteiger partial charge >= 0.3 is 6.03 Å². The number of amides is 2. The molecule has 0 aliphatic rings. The predicted octanol–water partition coefficient (Wildman–Crippen LogP) is 3.20. The Balaban J connectivity index is 2.74. The van der Waals surface area contributed by atoms with Gasteiger partial charge in [0.15, 0.2) is 5.78 Å². The largest absolute Gasteiger partial charge is 0.322 e. The van der Waals surface area contributed by atoms with Crippen LogP contribution in [0.3, 0.4) is 0 Å². The zero-order chi connectivity index (χ0) is 14.3. The second-order valence-corrected chi connectivity index (χ2v) is 4.69. The van der Waals surface area contributed by atoms with E-state index >= 15 is 0 Å². The fourth-order valence-electron chi connectivity index (χ4n) is 1.54. The maximum atomic E-state index is 12.0. The van der Waals surface area contributed by atoms with Gasteiger partial charge in [-0.25, -0.2) is 4.79 Å². The average Bonchev–Trinajstić information content (AvgIpc) is 2.38. The molecule has 0 unspecified atom stereocenters. The molecule has 2 amide bonds. The molecule has 0 aliphatic heterocycles. The normalized spacial score (nSPS) is 10.1. The molecule has 0 aliphatic carbocycles. The van der Waals surface area contributed by atoms with Crippen molar-refractivity contribution in [2.45, 2.75) is 6.92 Å². The fraction of sp³-hybridized carbons (Fsp3) is 0.385. The van der Waals surface area contributed by atoms with Crippen LogP contribution in [-0.2, 0) is 0 Å². The predicted molar refractivity (Wildman–Crippen MR) is 78.5 cm³/mol. The van der Waals surface area contributed by atoms with Gasteiger partial charge in [0.1, 0.15) is 0 Å². The number of hydrogen-bond acceptors (Lipinski definition) is 2. The lowest BCUT2D eigenvalue weighted by Gasteiger charge is -2.21. The van der Waals surface area contributed by atoms with Crippen LogP contribution in [0.15, 0.2) is 24.3 Å². The molecule has 1 rings (SSSR count). The fourth-order valence-corrected chi connectivity index (χ4v) is 1.95. The molecule has 0 radical (unpaired) electrons. The van der Waals surface area contributed by atoms with Gasteiger partial charge in [-0.15, -0.1) is 23.2 Å². The molecule has 104 valence electrons. The number of halogens is 2. The molecular weight excluding hydrogens is 287 g/mol. The van der Waals surface area contributed by atoms with Crippen LogP contribution in [0.4, 0.5) is 10.5 Å². The van der Waals surface area contributed by atoms with Crippen LogP contribution in [0.1, 0.15) is 17.3 Å². The van der Waals surface area contributed by atoms with Gasteiger partial charge in [0.2, 0.25) is 0 Å². The van der Waals surface area contributed by atoms with Gasteiger partial charge in [0, 0.05) is 36.1 Å². The summed E-state index contributed by atoms with van der Waals surface area (Å²) in [6.45, 7) is 2.33. The van der Waals surface area contributed by atoms with Crippen molar-refractivity contribution in [2.24, 2.45) is 0 Å². The molecule has 0 saturated carbocycles. The molecule has 6 heteroatoms. The Morgan fingerprint density at radius 2 is 1.84 bits per heavy atom. The number of urea groups is 1. The van der Waals surface area contributed by atoms with Crippen LogP contribution in [-0.4, -0.2) is 41.6 Å². The number of anilines is 1. The Morgan fingerprint density at radius 3 is 2.37 bits per heavy atom. The zero-order valence-electron chi connectivity index (χ0n) is 10.7. The van der Waals surface area contributed by atoms with Gasteiger partial charge in [-0.3, -0.25) is 4.79 Å². The van der Waals surface area contributed by atoms with Gasteiger partial charge in [0.05, 0.1) is 0 Å². The standard InChI is InChI=1S/C13H16Cl2N2O2/c1-10(18)11-3-2-4-12(9-11)16-13(19)17(7-5-14)8-6-15/h2-4,9H,5-8H2,1H3,(H,16,19). The number of carbonyl (C=O) groups is 2. The van der Waals surface area contributed by atoms with Crippen molar-refractivity contribution in [1.82, 2.24) is 4.90 Å². The van der Waals surface area contributed by atoms with E-state index < -0.39 is 0 Å². The highest BCUT2D eigenvalue weighted by Gasteiger charge is 2.12. The van der Waals surface area contributed by atoms with E-state index in [9.17, 15) is 9.59 Å². The van der Waals surface area contributed by atoms with Crippen LogP contribution in [0, 0.1) is 0 Å². The van der Waals surface area contributed by atoms with Gasteiger partial charge in [0.25, 0.3) is 0 Å². The topological polar surface area (TPSA) is 49.4 Å². The minimum Gasteiger partial charge on any atom is -0.322 e. The minimum atomic E-state index is -0.276. The van der Waals surface area contributed by atoms with E-state index in [-0.39, 0.29) is 11.8 Å². The molecule has 19 heavy (non-hydrogen) atoms. The summed E-state index contributed by atoms with van der Waals surface area (Å²) in [5.74, 6) is 0.643. The third-order valence-corrected chi connectivity index (χ3v) is 2.85. The molecule has 1 aromatic rings. The number of hydrogen-bond donors (Lipinski definition) is 1. The van der Waals surface area contributed by atoms with E-state index in [0.29, 0.717) is 36.1 Å². The van der Waals surface area contributed by atoms with Gasteiger partial charge in [-0.05, 0) is 19.1 Å². The van der Waals surface area contributed by atoms with Crippen molar-refractivity contribution in [2.75, 3.05) is 30.2 Å². The maximum Gasteiger partial charge on any atom is 0.321 e. The summed E-state index contributed by atoms with van der Waals surface area (Å²) < 4.78 is 0. The van der Waals surface area contributed by atoms with E-state index in [2.05, 4.69) is 5.32 Å². The van der Waals surface area contributed by atoms with Crippen molar-refractivity contribution >= 4 is 40.7 Å². The molecule has 0 saturated heterocycles. The van der Waals surface area contributed by atoms with E-state index in [1.807, 2.05) is 0 Å². The molecule has 0 spiro atoms.